The number of fused-ring (bicyclic) bond motifs is 1. The van der Waals surface area contributed by atoms with Gasteiger partial charge < -0.3 is 19.3 Å². The Bertz CT molecular complexity index is 629. The first-order valence-electron chi connectivity index (χ1n) is 7.65. The number of aryl methyl sites for hydroxylation is 1. The smallest absolute Gasteiger partial charge is 0.319 e. The van der Waals surface area contributed by atoms with Gasteiger partial charge in [0.2, 0.25) is 0 Å². The Morgan fingerprint density at radius 1 is 1.43 bits per heavy atom. The van der Waals surface area contributed by atoms with Gasteiger partial charge in [-0.2, -0.15) is 0 Å². The van der Waals surface area contributed by atoms with Crippen LogP contribution < -0.4 is 0 Å². The molecule has 0 radical (unpaired) electrons. The second kappa shape index (κ2) is 5.52. The number of aliphatic carboxylic acids is 1. The summed E-state index contributed by atoms with van der Waals surface area (Å²) in [4.78, 5) is 33.6. The third-order valence-electron chi connectivity index (χ3n) is 4.81. The van der Waals surface area contributed by atoms with Crippen molar-refractivity contribution in [1.29, 1.82) is 0 Å². The van der Waals surface area contributed by atoms with Gasteiger partial charge in [-0.25, -0.2) is 9.78 Å². The maximum absolute atomic E-state index is 12.1. The highest BCUT2D eigenvalue weighted by Crippen LogP contribution is 2.43. The van der Waals surface area contributed by atoms with Crippen LogP contribution in [-0.2, 0) is 11.3 Å². The predicted molar refractivity (Wildman–Crippen MR) is 80.7 cm³/mol. The second-order valence-electron chi connectivity index (χ2n) is 6.74. The number of carboxylic acid groups (broad SMARTS) is 1. The molecule has 0 bridgehead atoms. The largest absolute Gasteiger partial charge is 0.481 e. The average Bonchev–Trinajstić information content (AvgIpc) is 3.11. The molecule has 2 aliphatic rings. The molecule has 0 saturated carbocycles. The lowest BCUT2D eigenvalue weighted by atomic mass is 9.81. The van der Waals surface area contributed by atoms with Crippen molar-refractivity contribution in [1.82, 2.24) is 19.7 Å². The van der Waals surface area contributed by atoms with Crippen LogP contribution in [0, 0.1) is 18.3 Å². The number of rotatable bonds is 3. The van der Waals surface area contributed by atoms with Crippen LogP contribution in [0.15, 0.2) is 10.7 Å². The first kappa shape index (κ1) is 15.8. The Balaban J connectivity index is 1.73. The summed E-state index contributed by atoms with van der Waals surface area (Å²) in [6.07, 6.45) is 1.61. The summed E-state index contributed by atoms with van der Waals surface area (Å²) in [6, 6.07) is -0.126. The maximum Gasteiger partial charge on any atom is 0.319 e. The van der Waals surface area contributed by atoms with Gasteiger partial charge >= 0.3 is 12.0 Å². The Morgan fingerprint density at radius 3 is 2.70 bits per heavy atom. The number of hydrogen-bond donors (Lipinski definition) is 1. The average molecular weight is 322 g/mol. The molecule has 3 rings (SSSR count). The Labute approximate surface area is 134 Å². The lowest BCUT2D eigenvalue weighted by Gasteiger charge is -2.26. The second-order valence-corrected chi connectivity index (χ2v) is 6.74. The van der Waals surface area contributed by atoms with E-state index in [4.69, 9.17) is 4.42 Å². The molecular weight excluding hydrogens is 300 g/mol. The molecule has 0 aliphatic carbocycles. The van der Waals surface area contributed by atoms with Crippen molar-refractivity contribution in [2.24, 2.45) is 11.3 Å². The molecule has 2 saturated heterocycles. The highest BCUT2D eigenvalue weighted by Gasteiger charge is 2.58. The van der Waals surface area contributed by atoms with Crippen molar-refractivity contribution < 1.29 is 19.1 Å². The highest BCUT2D eigenvalue weighted by molar-refractivity contribution is 5.80. The maximum atomic E-state index is 12.1. The minimum atomic E-state index is -0.884. The fourth-order valence-corrected chi connectivity index (χ4v) is 3.73. The number of hydrogen-bond acceptors (Lipinski definition) is 5. The number of carboxylic acids is 1. The number of oxazole rings is 1. The molecule has 0 spiro atoms. The molecule has 2 amide bonds. The predicted octanol–water partition coefficient (Wildman–Crippen LogP) is 0.483. The normalized spacial score (nSPS) is 27.3. The van der Waals surface area contributed by atoms with Crippen LogP contribution in [0.4, 0.5) is 4.79 Å². The molecule has 126 valence electrons. The van der Waals surface area contributed by atoms with E-state index in [-0.39, 0.29) is 18.5 Å². The van der Waals surface area contributed by atoms with Crippen LogP contribution in [-0.4, -0.2) is 77.1 Å². The fourth-order valence-electron chi connectivity index (χ4n) is 3.73. The molecule has 8 nitrogen and oxygen atoms in total. The molecule has 2 fully saturated rings. The quantitative estimate of drug-likeness (QED) is 0.871. The zero-order chi connectivity index (χ0) is 16.8. The van der Waals surface area contributed by atoms with E-state index in [1.807, 2.05) is 0 Å². The first-order valence-corrected chi connectivity index (χ1v) is 7.65. The Kier molecular flexibility index (Phi) is 3.79. The van der Waals surface area contributed by atoms with E-state index in [2.05, 4.69) is 9.88 Å². The number of carbonyl (C=O) groups is 2. The third-order valence-corrected chi connectivity index (χ3v) is 4.81. The number of amides is 2. The number of nitrogens with zero attached hydrogens (tertiary/aromatic N) is 4. The van der Waals surface area contributed by atoms with Gasteiger partial charge in [-0.15, -0.1) is 0 Å². The summed E-state index contributed by atoms with van der Waals surface area (Å²) in [7, 11) is 3.37. The van der Waals surface area contributed by atoms with Crippen molar-refractivity contribution in [3.8, 4) is 0 Å². The van der Waals surface area contributed by atoms with E-state index in [0.717, 1.165) is 5.69 Å². The van der Waals surface area contributed by atoms with Gasteiger partial charge in [-0.1, -0.05) is 0 Å². The lowest BCUT2D eigenvalue weighted by molar-refractivity contribution is -0.148. The summed E-state index contributed by atoms with van der Waals surface area (Å²) in [6.45, 7) is 4.18. The van der Waals surface area contributed by atoms with E-state index < -0.39 is 11.4 Å². The van der Waals surface area contributed by atoms with Gasteiger partial charge in [0.15, 0.2) is 5.89 Å². The summed E-state index contributed by atoms with van der Waals surface area (Å²) >= 11 is 0. The molecule has 8 heteroatoms. The van der Waals surface area contributed by atoms with Gasteiger partial charge in [-0.3, -0.25) is 9.69 Å². The SMILES string of the molecule is Cc1nc(CN2C[C@@H]3CN(C(=O)N(C)C)C[C@]3(C(=O)O)C2)co1. The third kappa shape index (κ3) is 2.67. The molecule has 2 atom stereocenters. The van der Waals surface area contributed by atoms with Crippen LogP contribution in [0.5, 0.6) is 0 Å². The van der Waals surface area contributed by atoms with Gasteiger partial charge in [0.05, 0.1) is 5.69 Å². The zero-order valence-electron chi connectivity index (χ0n) is 13.7. The molecule has 23 heavy (non-hydrogen) atoms. The van der Waals surface area contributed by atoms with Gasteiger partial charge in [-0.05, 0) is 0 Å². The number of aromatic nitrogens is 1. The summed E-state index contributed by atoms with van der Waals surface area (Å²) < 4.78 is 5.20. The fraction of sp³-hybridized carbons (Fsp3) is 0.667. The summed E-state index contributed by atoms with van der Waals surface area (Å²) in [5, 5.41) is 9.79. The van der Waals surface area contributed by atoms with Crippen molar-refractivity contribution >= 4 is 12.0 Å². The first-order chi connectivity index (χ1) is 10.8. The molecule has 0 unspecified atom stereocenters. The van der Waals surface area contributed by atoms with E-state index in [1.165, 1.54) is 4.90 Å². The van der Waals surface area contributed by atoms with Crippen LogP contribution in [0.3, 0.4) is 0 Å². The number of likely N-dealkylation sites (tertiary alicyclic amines) is 2. The van der Waals surface area contributed by atoms with Gasteiger partial charge in [0.1, 0.15) is 11.7 Å². The molecule has 1 N–H and O–H groups in total. The zero-order valence-corrected chi connectivity index (χ0v) is 13.7. The minimum Gasteiger partial charge on any atom is -0.481 e. The van der Waals surface area contributed by atoms with Crippen LogP contribution in [0.1, 0.15) is 11.6 Å². The van der Waals surface area contributed by atoms with Crippen LogP contribution in [0.25, 0.3) is 0 Å². The molecule has 3 heterocycles. The van der Waals surface area contributed by atoms with E-state index in [0.29, 0.717) is 32.1 Å². The number of carbonyl (C=O) groups excluding carboxylic acids is 1. The molecule has 1 aromatic rings. The Morgan fingerprint density at radius 2 is 2.17 bits per heavy atom. The van der Waals surface area contributed by atoms with E-state index >= 15 is 0 Å². The van der Waals surface area contributed by atoms with Crippen molar-refractivity contribution in [2.45, 2.75) is 13.5 Å². The van der Waals surface area contributed by atoms with E-state index in [9.17, 15) is 14.7 Å². The minimum absolute atomic E-state index is 0.0584. The highest BCUT2D eigenvalue weighted by atomic mass is 16.4. The van der Waals surface area contributed by atoms with Crippen LogP contribution in [0.2, 0.25) is 0 Å². The summed E-state index contributed by atoms with van der Waals surface area (Å²) in [5.41, 5.74) is -0.0750. The van der Waals surface area contributed by atoms with Gasteiger partial charge in [0, 0.05) is 59.7 Å². The van der Waals surface area contributed by atoms with Crippen molar-refractivity contribution in [3.63, 3.8) is 0 Å². The lowest BCUT2D eigenvalue weighted by Crippen LogP contribution is -2.44. The van der Waals surface area contributed by atoms with Crippen molar-refractivity contribution in [3.05, 3.63) is 17.8 Å². The molecular formula is C15H22N4O4. The Hall–Kier alpha value is -2.09. The molecule has 2 aliphatic heterocycles. The standard InChI is InChI=1S/C15H22N4O4/c1-10-16-12(7-23-10)6-18-4-11-5-19(14(22)17(2)3)9-15(11,8-18)13(20)21/h7,11H,4-6,8-9H2,1-3H3,(H,20,21)/t11-,15-/m1/s1. The molecule has 1 aromatic heterocycles. The molecule has 0 aromatic carbocycles. The topological polar surface area (TPSA) is 90.1 Å². The van der Waals surface area contributed by atoms with E-state index in [1.54, 1.807) is 32.2 Å². The monoisotopic (exact) mass is 322 g/mol. The van der Waals surface area contributed by atoms with Crippen LogP contribution >= 0.6 is 0 Å². The van der Waals surface area contributed by atoms with Crippen molar-refractivity contribution in [2.75, 3.05) is 40.3 Å². The summed E-state index contributed by atoms with van der Waals surface area (Å²) in [5.74, 6) is -0.276. The van der Waals surface area contributed by atoms with Gasteiger partial charge in [0.25, 0.3) is 0 Å². The number of urea groups is 1.